The normalized spacial score (nSPS) is 14.5. The fourth-order valence-corrected chi connectivity index (χ4v) is 3.89. The maximum Gasteiger partial charge on any atom is 0.272 e. The molecule has 0 bridgehead atoms. The topological polar surface area (TPSA) is 84.5 Å². The molecule has 0 radical (unpaired) electrons. The summed E-state index contributed by atoms with van der Waals surface area (Å²) in [7, 11) is 0. The summed E-state index contributed by atoms with van der Waals surface area (Å²) in [5.74, 6) is 2.44. The van der Waals surface area contributed by atoms with Crippen LogP contribution in [-0.2, 0) is 0 Å². The summed E-state index contributed by atoms with van der Waals surface area (Å²) < 4.78 is 3.76. The van der Waals surface area contributed by atoms with Crippen molar-refractivity contribution in [2.75, 3.05) is 31.1 Å². The Bertz CT molecular complexity index is 1200. The van der Waals surface area contributed by atoms with Crippen molar-refractivity contribution in [1.29, 1.82) is 0 Å². The Morgan fingerprint density at radius 3 is 2.40 bits per heavy atom. The van der Waals surface area contributed by atoms with Gasteiger partial charge in [-0.05, 0) is 38.1 Å². The monoisotopic (exact) mass is 402 g/mol. The zero-order valence-corrected chi connectivity index (χ0v) is 16.9. The van der Waals surface area contributed by atoms with E-state index in [0.29, 0.717) is 31.9 Å². The van der Waals surface area contributed by atoms with Crippen molar-refractivity contribution in [3.05, 3.63) is 66.1 Å². The first-order valence-corrected chi connectivity index (χ1v) is 9.94. The van der Waals surface area contributed by atoms with Gasteiger partial charge in [-0.3, -0.25) is 13.8 Å². The molecule has 5 rings (SSSR count). The molecule has 0 unspecified atom stereocenters. The second-order valence-electron chi connectivity index (χ2n) is 7.35. The van der Waals surface area contributed by atoms with Gasteiger partial charge in [0.25, 0.3) is 5.91 Å². The SMILES string of the molecule is Cc1nc2ccccn2c1C(=O)N1CCN(c2ccc(-n3ccnc3C)nn2)CC1. The number of hydrogen-bond donors (Lipinski definition) is 0. The third-order valence-corrected chi connectivity index (χ3v) is 5.51. The molecule has 1 aliphatic heterocycles. The van der Waals surface area contributed by atoms with Gasteiger partial charge in [-0.25, -0.2) is 9.97 Å². The Balaban J connectivity index is 1.29. The Morgan fingerprint density at radius 2 is 1.70 bits per heavy atom. The Morgan fingerprint density at radius 1 is 0.933 bits per heavy atom. The molecule has 0 aromatic carbocycles. The van der Waals surface area contributed by atoms with Crippen LogP contribution in [-0.4, -0.2) is 66.1 Å². The summed E-state index contributed by atoms with van der Waals surface area (Å²) in [5, 5.41) is 8.72. The molecule has 0 atom stereocenters. The van der Waals surface area contributed by atoms with Gasteiger partial charge >= 0.3 is 0 Å². The smallest absolute Gasteiger partial charge is 0.272 e. The Labute approximate surface area is 173 Å². The number of pyridine rings is 1. The maximum absolute atomic E-state index is 13.2. The number of imidazole rings is 2. The van der Waals surface area contributed by atoms with E-state index in [1.807, 2.05) is 70.4 Å². The number of anilines is 1. The number of nitrogens with zero attached hydrogens (tertiary/aromatic N) is 8. The molecule has 1 fully saturated rings. The van der Waals surface area contributed by atoms with Gasteiger partial charge in [0.05, 0.1) is 5.69 Å². The Hall–Kier alpha value is -3.75. The quantitative estimate of drug-likeness (QED) is 0.520. The minimum atomic E-state index is 0.0165. The number of aromatic nitrogens is 6. The predicted octanol–water partition coefficient (Wildman–Crippen LogP) is 1.89. The lowest BCUT2D eigenvalue weighted by Crippen LogP contribution is -2.49. The highest BCUT2D eigenvalue weighted by Gasteiger charge is 2.26. The maximum atomic E-state index is 13.2. The van der Waals surface area contributed by atoms with Crippen LogP contribution in [0.15, 0.2) is 48.9 Å². The van der Waals surface area contributed by atoms with Crippen LogP contribution in [0.5, 0.6) is 0 Å². The molecule has 4 aromatic rings. The molecule has 30 heavy (non-hydrogen) atoms. The number of carbonyl (C=O) groups excluding carboxylic acids is 1. The fourth-order valence-electron chi connectivity index (χ4n) is 3.89. The van der Waals surface area contributed by atoms with Crippen molar-refractivity contribution in [2.24, 2.45) is 0 Å². The van der Waals surface area contributed by atoms with E-state index in [1.165, 1.54) is 0 Å². The third-order valence-electron chi connectivity index (χ3n) is 5.51. The largest absolute Gasteiger partial charge is 0.352 e. The summed E-state index contributed by atoms with van der Waals surface area (Å²) in [6.45, 7) is 6.48. The van der Waals surface area contributed by atoms with Gasteiger partial charge < -0.3 is 9.80 Å². The van der Waals surface area contributed by atoms with Crippen LogP contribution in [0.2, 0.25) is 0 Å². The minimum Gasteiger partial charge on any atom is -0.352 e. The molecule has 1 amide bonds. The van der Waals surface area contributed by atoms with Gasteiger partial charge in [0.1, 0.15) is 17.2 Å². The molecule has 1 aliphatic rings. The van der Waals surface area contributed by atoms with Crippen molar-refractivity contribution >= 4 is 17.4 Å². The molecule has 0 N–H and O–H groups in total. The second kappa shape index (κ2) is 7.25. The third kappa shape index (κ3) is 3.08. The number of fused-ring (bicyclic) bond motifs is 1. The molecule has 0 spiro atoms. The minimum absolute atomic E-state index is 0.0165. The number of piperazine rings is 1. The highest BCUT2D eigenvalue weighted by molar-refractivity contribution is 5.94. The first kappa shape index (κ1) is 18.3. The van der Waals surface area contributed by atoms with Crippen molar-refractivity contribution < 1.29 is 4.79 Å². The van der Waals surface area contributed by atoms with Crippen LogP contribution in [0.1, 0.15) is 22.0 Å². The predicted molar refractivity (Wildman–Crippen MR) is 112 cm³/mol. The van der Waals surface area contributed by atoms with E-state index in [0.717, 1.165) is 28.8 Å². The van der Waals surface area contributed by atoms with E-state index >= 15 is 0 Å². The van der Waals surface area contributed by atoms with Crippen molar-refractivity contribution in [3.8, 4) is 5.82 Å². The lowest BCUT2D eigenvalue weighted by Gasteiger charge is -2.35. The first-order valence-electron chi connectivity index (χ1n) is 9.94. The highest BCUT2D eigenvalue weighted by Crippen LogP contribution is 2.18. The molecule has 9 heteroatoms. The second-order valence-corrected chi connectivity index (χ2v) is 7.35. The summed E-state index contributed by atoms with van der Waals surface area (Å²) in [6, 6.07) is 9.66. The Kier molecular flexibility index (Phi) is 4.42. The standard InChI is InChI=1S/C21H22N8O/c1-15-20(29-9-4-3-5-17(29)23-15)21(30)27-13-11-26(12-14-27)18-6-7-19(25-24-18)28-10-8-22-16(28)2/h3-10H,11-14H2,1-2H3. The molecule has 9 nitrogen and oxygen atoms in total. The van der Waals surface area contributed by atoms with Crippen LogP contribution in [0.25, 0.3) is 11.5 Å². The average molecular weight is 402 g/mol. The molecule has 4 aromatic heterocycles. The molecular formula is C21H22N8O. The van der Waals surface area contributed by atoms with Gasteiger partial charge in [0.15, 0.2) is 11.6 Å². The van der Waals surface area contributed by atoms with Crippen LogP contribution in [0.3, 0.4) is 0 Å². The number of hydrogen-bond acceptors (Lipinski definition) is 6. The van der Waals surface area contributed by atoms with Gasteiger partial charge in [0, 0.05) is 44.8 Å². The van der Waals surface area contributed by atoms with Gasteiger partial charge in [-0.15, -0.1) is 10.2 Å². The summed E-state index contributed by atoms with van der Waals surface area (Å²) in [5.41, 5.74) is 2.18. The van der Waals surface area contributed by atoms with Crippen LogP contribution in [0, 0.1) is 13.8 Å². The molecule has 1 saturated heterocycles. The van der Waals surface area contributed by atoms with E-state index in [1.54, 1.807) is 6.20 Å². The van der Waals surface area contributed by atoms with Crippen LogP contribution < -0.4 is 4.90 Å². The van der Waals surface area contributed by atoms with E-state index in [4.69, 9.17) is 0 Å². The number of carbonyl (C=O) groups is 1. The average Bonchev–Trinajstić information content (AvgIpc) is 3.35. The molecular weight excluding hydrogens is 380 g/mol. The van der Waals surface area contributed by atoms with Crippen LogP contribution in [0.4, 0.5) is 5.82 Å². The molecule has 0 aliphatic carbocycles. The van der Waals surface area contributed by atoms with Gasteiger partial charge in [0.2, 0.25) is 0 Å². The number of rotatable bonds is 3. The summed E-state index contributed by atoms with van der Waals surface area (Å²) >= 11 is 0. The lowest BCUT2D eigenvalue weighted by molar-refractivity contribution is 0.0738. The molecule has 152 valence electrons. The lowest BCUT2D eigenvalue weighted by atomic mass is 10.2. The molecule has 0 saturated carbocycles. The number of aryl methyl sites for hydroxylation is 2. The molecule has 5 heterocycles. The zero-order valence-electron chi connectivity index (χ0n) is 16.9. The number of amides is 1. The van der Waals surface area contributed by atoms with E-state index in [2.05, 4.69) is 25.1 Å². The fraction of sp³-hybridized carbons (Fsp3) is 0.286. The summed E-state index contributed by atoms with van der Waals surface area (Å²) in [6.07, 6.45) is 5.50. The first-order chi connectivity index (χ1) is 14.6. The highest BCUT2D eigenvalue weighted by atomic mass is 16.2. The van der Waals surface area contributed by atoms with Crippen LogP contribution >= 0.6 is 0 Å². The van der Waals surface area contributed by atoms with Gasteiger partial charge in [-0.1, -0.05) is 6.07 Å². The summed E-state index contributed by atoms with van der Waals surface area (Å²) in [4.78, 5) is 25.9. The zero-order chi connectivity index (χ0) is 20.7. The van der Waals surface area contributed by atoms with E-state index in [9.17, 15) is 4.79 Å². The van der Waals surface area contributed by atoms with E-state index < -0.39 is 0 Å². The van der Waals surface area contributed by atoms with Gasteiger partial charge in [-0.2, -0.15) is 0 Å². The van der Waals surface area contributed by atoms with Crippen molar-refractivity contribution in [3.63, 3.8) is 0 Å². The van der Waals surface area contributed by atoms with Crippen molar-refractivity contribution in [1.82, 2.24) is 34.0 Å². The van der Waals surface area contributed by atoms with E-state index in [-0.39, 0.29) is 5.91 Å². The van der Waals surface area contributed by atoms with Crippen molar-refractivity contribution in [2.45, 2.75) is 13.8 Å².